The highest BCUT2D eigenvalue weighted by atomic mass is 35.5. The van der Waals surface area contributed by atoms with Crippen molar-refractivity contribution in [3.63, 3.8) is 0 Å². The van der Waals surface area contributed by atoms with Crippen LogP contribution >= 0.6 is 11.6 Å². The molecule has 0 spiro atoms. The number of methoxy groups -OCH3 is 1. The Labute approximate surface area is 164 Å². The third-order valence-electron chi connectivity index (χ3n) is 4.32. The Morgan fingerprint density at radius 3 is 2.48 bits per heavy atom. The summed E-state index contributed by atoms with van der Waals surface area (Å²) in [7, 11) is 1.45. The molecule has 6 heteroatoms. The summed E-state index contributed by atoms with van der Waals surface area (Å²) in [5.74, 6) is -0.468. The molecule has 27 heavy (non-hydrogen) atoms. The molecule has 2 aromatic carbocycles. The van der Waals surface area contributed by atoms with Crippen LogP contribution in [0.25, 0.3) is 0 Å². The third kappa shape index (κ3) is 5.73. The minimum atomic E-state index is -0.936. The largest absolute Gasteiger partial charge is 0.496 e. The van der Waals surface area contributed by atoms with Crippen molar-refractivity contribution in [3.8, 4) is 5.75 Å². The molecule has 2 atom stereocenters. The molecule has 144 valence electrons. The summed E-state index contributed by atoms with van der Waals surface area (Å²) in [6, 6.07) is 14.6. The third-order valence-corrected chi connectivity index (χ3v) is 4.56. The van der Waals surface area contributed by atoms with Gasteiger partial charge >= 0.3 is 5.97 Å². The van der Waals surface area contributed by atoms with E-state index in [9.17, 15) is 9.59 Å². The molecule has 0 bridgehead atoms. The fourth-order valence-electron chi connectivity index (χ4n) is 2.71. The van der Waals surface area contributed by atoms with Crippen LogP contribution in [0.4, 0.5) is 0 Å². The lowest BCUT2D eigenvalue weighted by Gasteiger charge is -2.19. The first kappa shape index (κ1) is 20.8. The first-order chi connectivity index (χ1) is 13.0. The van der Waals surface area contributed by atoms with Crippen LogP contribution in [0.5, 0.6) is 5.75 Å². The average Bonchev–Trinajstić information content (AvgIpc) is 2.68. The van der Waals surface area contributed by atoms with Gasteiger partial charge in [0.15, 0.2) is 6.10 Å². The number of halogens is 1. The number of carbonyl (C=O) groups excluding carboxylic acids is 2. The summed E-state index contributed by atoms with van der Waals surface area (Å²) < 4.78 is 10.4. The molecule has 0 fully saturated rings. The lowest BCUT2D eigenvalue weighted by Crippen LogP contribution is -2.38. The molecule has 0 aliphatic heterocycles. The summed E-state index contributed by atoms with van der Waals surface area (Å²) in [5, 5.41) is 3.24. The summed E-state index contributed by atoms with van der Waals surface area (Å²) in [5.41, 5.74) is 1.34. The maximum Gasteiger partial charge on any atom is 0.342 e. The summed E-state index contributed by atoms with van der Waals surface area (Å²) >= 11 is 5.93. The van der Waals surface area contributed by atoms with E-state index in [1.54, 1.807) is 12.1 Å². The van der Waals surface area contributed by atoms with Crippen molar-refractivity contribution in [2.45, 2.75) is 32.3 Å². The van der Waals surface area contributed by atoms with E-state index >= 15 is 0 Å². The van der Waals surface area contributed by atoms with Crippen LogP contribution in [0, 0.1) is 0 Å². The van der Waals surface area contributed by atoms with E-state index in [0.29, 0.717) is 17.3 Å². The number of amides is 1. The van der Waals surface area contributed by atoms with Crippen LogP contribution < -0.4 is 10.1 Å². The first-order valence-corrected chi connectivity index (χ1v) is 9.21. The molecular formula is C21H24ClNO4. The molecule has 0 saturated heterocycles. The predicted molar refractivity (Wildman–Crippen MR) is 105 cm³/mol. The zero-order valence-electron chi connectivity index (χ0n) is 15.7. The summed E-state index contributed by atoms with van der Waals surface area (Å²) in [6.45, 7) is 4.08. The van der Waals surface area contributed by atoms with E-state index in [0.717, 1.165) is 12.0 Å². The van der Waals surface area contributed by atoms with Crippen LogP contribution in [0.1, 0.15) is 42.1 Å². The van der Waals surface area contributed by atoms with Gasteiger partial charge in [-0.05, 0) is 37.1 Å². The Morgan fingerprint density at radius 1 is 1.15 bits per heavy atom. The van der Waals surface area contributed by atoms with Gasteiger partial charge in [-0.3, -0.25) is 4.79 Å². The molecule has 0 unspecified atom stereocenters. The second-order valence-corrected chi connectivity index (χ2v) is 6.59. The van der Waals surface area contributed by atoms with Crippen LogP contribution in [-0.2, 0) is 9.53 Å². The van der Waals surface area contributed by atoms with Crippen LogP contribution in [0.2, 0.25) is 5.02 Å². The van der Waals surface area contributed by atoms with Gasteiger partial charge in [-0.15, -0.1) is 0 Å². The van der Waals surface area contributed by atoms with Gasteiger partial charge in [0.05, 0.1) is 7.11 Å². The molecule has 2 rings (SSSR count). The standard InChI is InChI=1S/C21H24ClNO4/c1-4-15(16-8-6-5-7-9-16)13-23-20(24)14(2)27-21(25)18-12-17(22)10-11-19(18)26-3/h5-12,14-15H,4,13H2,1-3H3,(H,23,24)/t14-,15+/m1/s1. The highest BCUT2D eigenvalue weighted by molar-refractivity contribution is 6.31. The monoisotopic (exact) mass is 389 g/mol. The normalized spacial score (nSPS) is 12.7. The fraction of sp³-hybridized carbons (Fsp3) is 0.333. The van der Waals surface area contributed by atoms with E-state index in [4.69, 9.17) is 21.1 Å². The van der Waals surface area contributed by atoms with Crippen molar-refractivity contribution >= 4 is 23.5 Å². The van der Waals surface area contributed by atoms with E-state index in [-0.39, 0.29) is 17.4 Å². The van der Waals surface area contributed by atoms with Crippen molar-refractivity contribution in [1.29, 1.82) is 0 Å². The summed E-state index contributed by atoms with van der Waals surface area (Å²) in [4.78, 5) is 24.7. The molecule has 0 aliphatic rings. The van der Waals surface area contributed by atoms with Crippen molar-refractivity contribution < 1.29 is 19.1 Å². The number of hydrogen-bond donors (Lipinski definition) is 1. The molecule has 1 amide bonds. The van der Waals surface area contributed by atoms with Crippen LogP contribution in [0.3, 0.4) is 0 Å². The second-order valence-electron chi connectivity index (χ2n) is 6.15. The van der Waals surface area contributed by atoms with E-state index in [2.05, 4.69) is 12.2 Å². The molecule has 0 aromatic heterocycles. The van der Waals surface area contributed by atoms with Gasteiger partial charge in [0.25, 0.3) is 5.91 Å². The molecular weight excluding hydrogens is 366 g/mol. The van der Waals surface area contributed by atoms with Gasteiger partial charge in [0.1, 0.15) is 11.3 Å². The topological polar surface area (TPSA) is 64.6 Å². The number of rotatable bonds is 8. The average molecular weight is 390 g/mol. The number of nitrogens with one attached hydrogen (secondary N) is 1. The Bertz CT molecular complexity index is 779. The van der Waals surface area contributed by atoms with Gasteiger partial charge < -0.3 is 14.8 Å². The first-order valence-electron chi connectivity index (χ1n) is 8.83. The quantitative estimate of drug-likeness (QED) is 0.687. The molecule has 0 radical (unpaired) electrons. The van der Waals surface area contributed by atoms with Gasteiger partial charge in [0, 0.05) is 17.5 Å². The zero-order chi connectivity index (χ0) is 19.8. The minimum Gasteiger partial charge on any atom is -0.496 e. The maximum absolute atomic E-state index is 12.4. The number of benzene rings is 2. The molecule has 0 aliphatic carbocycles. The minimum absolute atomic E-state index is 0.181. The van der Waals surface area contributed by atoms with Crippen molar-refractivity contribution in [2.24, 2.45) is 0 Å². The van der Waals surface area contributed by atoms with Gasteiger partial charge in [-0.2, -0.15) is 0 Å². The predicted octanol–water partition coefficient (Wildman–Crippen LogP) is 4.20. The van der Waals surface area contributed by atoms with E-state index in [1.807, 2.05) is 30.3 Å². The Kier molecular flexibility index (Phi) is 7.67. The maximum atomic E-state index is 12.4. The van der Waals surface area contributed by atoms with Gasteiger partial charge in [0.2, 0.25) is 0 Å². The molecule has 1 N–H and O–H groups in total. The Morgan fingerprint density at radius 2 is 1.85 bits per heavy atom. The van der Waals surface area contributed by atoms with Gasteiger partial charge in [-0.25, -0.2) is 4.79 Å². The number of ether oxygens (including phenoxy) is 2. The number of esters is 1. The number of carbonyl (C=O) groups is 2. The Balaban J connectivity index is 1.95. The van der Waals surface area contributed by atoms with E-state index in [1.165, 1.54) is 20.1 Å². The molecule has 0 saturated carbocycles. The van der Waals surface area contributed by atoms with Crippen LogP contribution in [-0.4, -0.2) is 31.6 Å². The van der Waals surface area contributed by atoms with E-state index < -0.39 is 12.1 Å². The van der Waals surface area contributed by atoms with Crippen molar-refractivity contribution in [1.82, 2.24) is 5.32 Å². The SMILES string of the molecule is CC[C@@H](CNC(=O)[C@@H](C)OC(=O)c1cc(Cl)ccc1OC)c1ccccc1. The fourth-order valence-corrected chi connectivity index (χ4v) is 2.88. The molecule has 2 aromatic rings. The molecule has 5 nitrogen and oxygen atoms in total. The number of hydrogen-bond acceptors (Lipinski definition) is 4. The smallest absolute Gasteiger partial charge is 0.342 e. The highest BCUT2D eigenvalue weighted by Gasteiger charge is 2.22. The van der Waals surface area contributed by atoms with Crippen molar-refractivity contribution in [2.75, 3.05) is 13.7 Å². The van der Waals surface area contributed by atoms with Crippen LogP contribution in [0.15, 0.2) is 48.5 Å². The van der Waals surface area contributed by atoms with Gasteiger partial charge in [-0.1, -0.05) is 48.9 Å². The van der Waals surface area contributed by atoms with Crippen molar-refractivity contribution in [3.05, 3.63) is 64.7 Å². The Hall–Kier alpha value is -2.53. The molecule has 0 heterocycles. The summed E-state index contributed by atoms with van der Waals surface area (Å²) in [6.07, 6.45) is -0.0486. The lowest BCUT2D eigenvalue weighted by atomic mass is 9.96. The second kappa shape index (κ2) is 9.97. The zero-order valence-corrected chi connectivity index (χ0v) is 16.5. The lowest BCUT2D eigenvalue weighted by molar-refractivity contribution is -0.129. The highest BCUT2D eigenvalue weighted by Crippen LogP contribution is 2.24.